The molecule has 1 aromatic heterocycles. The Morgan fingerprint density at radius 1 is 1.28 bits per heavy atom. The van der Waals surface area contributed by atoms with Gasteiger partial charge in [0.2, 0.25) is 5.91 Å². The van der Waals surface area contributed by atoms with Gasteiger partial charge in [0.05, 0.1) is 19.3 Å². The van der Waals surface area contributed by atoms with Crippen LogP contribution in [0.1, 0.15) is 39.7 Å². The maximum absolute atomic E-state index is 12.4. The minimum Gasteiger partial charge on any atom is -0.496 e. The van der Waals surface area contributed by atoms with Gasteiger partial charge in [-0.25, -0.2) is 4.79 Å². The molecular formula is C21H22N2O4S2. The minimum absolute atomic E-state index is 0.130. The van der Waals surface area contributed by atoms with E-state index in [-0.39, 0.29) is 17.0 Å². The molecular weight excluding hydrogens is 408 g/mol. The molecule has 29 heavy (non-hydrogen) atoms. The Bertz CT molecular complexity index is 966. The molecule has 2 aromatic rings. The lowest BCUT2D eigenvalue weighted by molar-refractivity contribution is -0.115. The first-order valence-electron chi connectivity index (χ1n) is 9.28. The molecule has 3 rings (SSSR count). The Hall–Kier alpha value is -2.71. The number of anilines is 1. The predicted octanol–water partition coefficient (Wildman–Crippen LogP) is 3.95. The Balaban J connectivity index is 1.67. The number of carbonyl (C=O) groups is 2. The molecule has 0 bridgehead atoms. The molecule has 1 aliphatic rings. The van der Waals surface area contributed by atoms with E-state index in [1.54, 1.807) is 20.1 Å². The Labute approximate surface area is 178 Å². The van der Waals surface area contributed by atoms with Crippen LogP contribution in [0.3, 0.4) is 0 Å². The number of methoxy groups -OCH3 is 1. The first-order valence-corrected chi connectivity index (χ1v) is 10.5. The van der Waals surface area contributed by atoms with Gasteiger partial charge in [-0.15, -0.1) is 11.3 Å². The number of nitrogens with one attached hydrogen (secondary N) is 2. The number of fused-ring (bicyclic) bond motifs is 1. The molecule has 1 aliphatic carbocycles. The van der Waals surface area contributed by atoms with E-state index in [1.807, 2.05) is 24.3 Å². The van der Waals surface area contributed by atoms with Crippen LogP contribution in [-0.4, -0.2) is 30.7 Å². The number of esters is 1. The van der Waals surface area contributed by atoms with Crippen molar-refractivity contribution in [1.29, 1.82) is 0 Å². The highest BCUT2D eigenvalue weighted by Crippen LogP contribution is 2.39. The third-order valence-corrected chi connectivity index (χ3v) is 5.83. The number of rotatable bonds is 6. The molecule has 1 amide bonds. The van der Waals surface area contributed by atoms with Crippen molar-refractivity contribution in [2.24, 2.45) is 0 Å². The van der Waals surface area contributed by atoms with Gasteiger partial charge in [-0.1, -0.05) is 18.2 Å². The second-order valence-electron chi connectivity index (χ2n) is 6.30. The van der Waals surface area contributed by atoms with Crippen molar-refractivity contribution in [3.8, 4) is 5.75 Å². The molecule has 1 aromatic carbocycles. The molecule has 0 atom stereocenters. The summed E-state index contributed by atoms with van der Waals surface area (Å²) in [6.45, 7) is 2.08. The van der Waals surface area contributed by atoms with Gasteiger partial charge < -0.3 is 14.8 Å². The third-order valence-electron chi connectivity index (χ3n) is 4.42. The summed E-state index contributed by atoms with van der Waals surface area (Å²) >= 11 is 6.75. The van der Waals surface area contributed by atoms with E-state index in [1.165, 1.54) is 22.3 Å². The van der Waals surface area contributed by atoms with Crippen molar-refractivity contribution in [2.45, 2.75) is 26.2 Å². The molecule has 0 spiro atoms. The minimum atomic E-state index is -0.379. The Morgan fingerprint density at radius 3 is 2.83 bits per heavy atom. The van der Waals surface area contributed by atoms with E-state index < -0.39 is 0 Å². The SMILES string of the molecule is CCOC(=O)c1c(NC(=S)NC(=O)C=Cc2ccccc2OC)sc2c1CCC2. The smallest absolute Gasteiger partial charge is 0.341 e. The summed E-state index contributed by atoms with van der Waals surface area (Å²) in [5.41, 5.74) is 2.34. The molecule has 6 nitrogen and oxygen atoms in total. The largest absolute Gasteiger partial charge is 0.496 e. The molecule has 0 saturated heterocycles. The van der Waals surface area contributed by atoms with Crippen molar-refractivity contribution in [1.82, 2.24) is 5.32 Å². The molecule has 0 fully saturated rings. The third kappa shape index (κ3) is 5.02. The summed E-state index contributed by atoms with van der Waals surface area (Å²) in [5, 5.41) is 6.34. The molecule has 0 aliphatic heterocycles. The van der Waals surface area contributed by atoms with Crippen LogP contribution in [0.15, 0.2) is 30.3 Å². The van der Waals surface area contributed by atoms with Crippen molar-refractivity contribution in [3.05, 3.63) is 51.9 Å². The molecule has 8 heteroatoms. The van der Waals surface area contributed by atoms with E-state index in [9.17, 15) is 9.59 Å². The fraction of sp³-hybridized carbons (Fsp3) is 0.286. The Morgan fingerprint density at radius 2 is 2.07 bits per heavy atom. The van der Waals surface area contributed by atoms with Gasteiger partial charge in [0, 0.05) is 16.5 Å². The van der Waals surface area contributed by atoms with E-state index in [0.717, 1.165) is 30.4 Å². The highest BCUT2D eigenvalue weighted by atomic mass is 32.1. The quantitative estimate of drug-likeness (QED) is 0.411. The van der Waals surface area contributed by atoms with Gasteiger partial charge in [0.15, 0.2) is 5.11 Å². The number of carbonyl (C=O) groups excluding carboxylic acids is 2. The first-order chi connectivity index (χ1) is 14.0. The van der Waals surface area contributed by atoms with E-state index in [4.69, 9.17) is 21.7 Å². The average molecular weight is 431 g/mol. The fourth-order valence-corrected chi connectivity index (χ4v) is 4.72. The number of hydrogen-bond acceptors (Lipinski definition) is 6. The number of para-hydroxylation sites is 1. The summed E-state index contributed by atoms with van der Waals surface area (Å²) in [6, 6.07) is 7.38. The van der Waals surface area contributed by atoms with Crippen molar-refractivity contribution >= 4 is 51.6 Å². The molecule has 0 saturated carbocycles. The van der Waals surface area contributed by atoms with Crippen LogP contribution >= 0.6 is 23.6 Å². The van der Waals surface area contributed by atoms with Crippen molar-refractivity contribution in [2.75, 3.05) is 19.0 Å². The molecule has 0 unspecified atom stereocenters. The van der Waals surface area contributed by atoms with Gasteiger partial charge in [0.1, 0.15) is 10.8 Å². The van der Waals surface area contributed by atoms with Crippen LogP contribution in [0.5, 0.6) is 5.75 Å². The summed E-state index contributed by atoms with van der Waals surface area (Å²) in [6.07, 6.45) is 5.85. The zero-order valence-corrected chi connectivity index (χ0v) is 17.9. The number of aryl methyl sites for hydroxylation is 1. The standard InChI is InChI=1S/C21H22N2O4S2/c1-3-27-20(25)18-14-8-6-10-16(14)29-19(18)23-21(28)22-17(24)12-11-13-7-4-5-9-15(13)26-2/h4-5,7,9,11-12H,3,6,8,10H2,1-2H3,(H2,22,23,24,28). The molecule has 1 heterocycles. The number of amides is 1. The van der Waals surface area contributed by atoms with E-state index >= 15 is 0 Å². The molecule has 152 valence electrons. The fourth-order valence-electron chi connectivity index (χ4n) is 3.17. The highest BCUT2D eigenvalue weighted by Gasteiger charge is 2.27. The van der Waals surface area contributed by atoms with Crippen LogP contribution < -0.4 is 15.4 Å². The predicted molar refractivity (Wildman–Crippen MR) is 119 cm³/mol. The summed E-state index contributed by atoms with van der Waals surface area (Å²) in [7, 11) is 1.57. The van der Waals surface area contributed by atoms with Gasteiger partial charge in [-0.05, 0) is 56.1 Å². The number of thiocarbonyl (C=S) groups is 1. The monoisotopic (exact) mass is 430 g/mol. The lowest BCUT2D eigenvalue weighted by Crippen LogP contribution is -2.33. The van der Waals surface area contributed by atoms with Gasteiger partial charge in [-0.3, -0.25) is 10.1 Å². The maximum Gasteiger partial charge on any atom is 0.341 e. The summed E-state index contributed by atoms with van der Waals surface area (Å²) in [4.78, 5) is 25.8. The number of ether oxygens (including phenoxy) is 2. The van der Waals surface area contributed by atoms with Crippen LogP contribution in [0, 0.1) is 0 Å². The zero-order chi connectivity index (χ0) is 20.8. The first kappa shape index (κ1) is 21.0. The van der Waals surface area contributed by atoms with Crippen molar-refractivity contribution in [3.63, 3.8) is 0 Å². The van der Waals surface area contributed by atoms with Crippen LogP contribution in [0.2, 0.25) is 0 Å². The average Bonchev–Trinajstić information content (AvgIpc) is 3.27. The second-order valence-corrected chi connectivity index (χ2v) is 7.81. The second kappa shape index (κ2) is 9.67. The van der Waals surface area contributed by atoms with E-state index in [2.05, 4.69) is 10.6 Å². The number of hydrogen-bond donors (Lipinski definition) is 2. The normalized spacial score (nSPS) is 12.5. The van der Waals surface area contributed by atoms with E-state index in [0.29, 0.717) is 22.9 Å². The topological polar surface area (TPSA) is 76.7 Å². The lowest BCUT2D eigenvalue weighted by Gasteiger charge is -2.10. The highest BCUT2D eigenvalue weighted by molar-refractivity contribution is 7.80. The Kier molecular flexibility index (Phi) is 7.00. The molecule has 0 radical (unpaired) electrons. The summed E-state index contributed by atoms with van der Waals surface area (Å²) in [5.74, 6) is -0.0702. The van der Waals surface area contributed by atoms with Crippen molar-refractivity contribution < 1.29 is 19.1 Å². The van der Waals surface area contributed by atoms with Gasteiger partial charge in [-0.2, -0.15) is 0 Å². The number of thiophene rings is 1. The van der Waals surface area contributed by atoms with Crippen LogP contribution in [0.4, 0.5) is 5.00 Å². The lowest BCUT2D eigenvalue weighted by atomic mass is 10.1. The van der Waals surface area contributed by atoms with Gasteiger partial charge in [0.25, 0.3) is 0 Å². The van der Waals surface area contributed by atoms with Crippen LogP contribution in [0.25, 0.3) is 6.08 Å². The van der Waals surface area contributed by atoms with Gasteiger partial charge >= 0.3 is 5.97 Å². The number of benzene rings is 1. The zero-order valence-electron chi connectivity index (χ0n) is 16.2. The summed E-state index contributed by atoms with van der Waals surface area (Å²) < 4.78 is 10.5. The maximum atomic E-state index is 12.4. The van der Waals surface area contributed by atoms with Crippen LogP contribution in [-0.2, 0) is 22.4 Å². The molecule has 2 N–H and O–H groups in total.